The maximum atomic E-state index is 12.9. The number of hydrogen-bond acceptors (Lipinski definition) is 6. The van der Waals surface area contributed by atoms with E-state index in [0.29, 0.717) is 46.8 Å². The van der Waals surface area contributed by atoms with Crippen molar-refractivity contribution in [3.63, 3.8) is 0 Å². The van der Waals surface area contributed by atoms with Crippen molar-refractivity contribution in [3.8, 4) is 17.2 Å². The molecule has 3 aromatic rings. The number of rotatable bonds is 9. The Morgan fingerprint density at radius 1 is 1.16 bits per heavy atom. The molecule has 31 heavy (non-hydrogen) atoms. The molecule has 0 saturated heterocycles. The quantitative estimate of drug-likeness (QED) is 0.479. The van der Waals surface area contributed by atoms with Crippen LogP contribution in [0.5, 0.6) is 11.5 Å². The first kappa shape index (κ1) is 22.6. The highest BCUT2D eigenvalue weighted by atomic mass is 35.5. The van der Waals surface area contributed by atoms with Gasteiger partial charge in [-0.15, -0.1) is 5.10 Å². The van der Waals surface area contributed by atoms with Crippen LogP contribution in [0.3, 0.4) is 0 Å². The van der Waals surface area contributed by atoms with Gasteiger partial charge in [-0.3, -0.25) is 4.79 Å². The van der Waals surface area contributed by atoms with Gasteiger partial charge in [0.15, 0.2) is 17.3 Å². The number of aryl methyl sites for hydroxylation is 2. The molecule has 0 aliphatic carbocycles. The molecular weight excluding hydrogens is 418 g/mol. The van der Waals surface area contributed by atoms with Crippen molar-refractivity contribution in [3.05, 3.63) is 52.3 Å². The summed E-state index contributed by atoms with van der Waals surface area (Å²) >= 11 is 6.42. The molecule has 0 radical (unpaired) electrons. The largest absolute Gasteiger partial charge is 0.490 e. The lowest BCUT2D eigenvalue weighted by atomic mass is 10.1. The number of nitrogens with one attached hydrogen (secondary N) is 1. The first-order valence-electron chi connectivity index (χ1n) is 10.2. The highest BCUT2D eigenvalue weighted by molar-refractivity contribution is 6.32. The van der Waals surface area contributed by atoms with Crippen LogP contribution in [0.1, 0.15) is 48.4 Å². The van der Waals surface area contributed by atoms with E-state index >= 15 is 0 Å². The first-order chi connectivity index (χ1) is 14.9. The molecule has 1 heterocycles. The Hall–Kier alpha value is -3.13. The molecule has 0 aliphatic heterocycles. The number of carbonyl (C=O) groups is 1. The van der Waals surface area contributed by atoms with Crippen LogP contribution in [0.2, 0.25) is 5.02 Å². The second kappa shape index (κ2) is 10.3. The van der Waals surface area contributed by atoms with Crippen LogP contribution in [-0.4, -0.2) is 39.3 Å². The number of amides is 1. The van der Waals surface area contributed by atoms with Gasteiger partial charge in [-0.25, -0.2) is 0 Å². The summed E-state index contributed by atoms with van der Waals surface area (Å²) in [6, 6.07) is 8.77. The van der Waals surface area contributed by atoms with Crippen molar-refractivity contribution >= 4 is 23.2 Å². The van der Waals surface area contributed by atoms with E-state index in [1.54, 1.807) is 16.8 Å². The van der Waals surface area contributed by atoms with Crippen LogP contribution < -0.4 is 14.8 Å². The summed E-state index contributed by atoms with van der Waals surface area (Å²) in [7, 11) is 0. The molecule has 0 saturated carbocycles. The Balaban J connectivity index is 1.85. The van der Waals surface area contributed by atoms with Gasteiger partial charge in [-0.2, -0.15) is 4.68 Å². The van der Waals surface area contributed by atoms with Gasteiger partial charge < -0.3 is 14.8 Å². The molecule has 0 unspecified atom stereocenters. The molecule has 9 heteroatoms. The second-order valence-electron chi connectivity index (χ2n) is 7.01. The summed E-state index contributed by atoms with van der Waals surface area (Å²) in [6.45, 7) is 8.67. The molecular formula is C22H26ClN5O3. The van der Waals surface area contributed by atoms with Crippen molar-refractivity contribution < 1.29 is 14.3 Å². The zero-order valence-corrected chi connectivity index (χ0v) is 18.9. The molecule has 1 aromatic heterocycles. The van der Waals surface area contributed by atoms with Gasteiger partial charge in [0.25, 0.3) is 5.91 Å². The Kier molecular flexibility index (Phi) is 7.46. The molecule has 1 N–H and O–H groups in total. The summed E-state index contributed by atoms with van der Waals surface area (Å²) in [6.07, 6.45) is 1.91. The van der Waals surface area contributed by atoms with Gasteiger partial charge in [-0.05, 0) is 67.4 Å². The van der Waals surface area contributed by atoms with Crippen LogP contribution in [0.15, 0.2) is 30.3 Å². The Bertz CT molecular complexity index is 1070. The predicted octanol–water partition coefficient (Wildman–Crippen LogP) is 4.76. The first-order valence-corrected chi connectivity index (χ1v) is 10.6. The van der Waals surface area contributed by atoms with Crippen LogP contribution in [0.4, 0.5) is 5.69 Å². The number of halogens is 1. The minimum Gasteiger partial charge on any atom is -0.490 e. The second-order valence-corrected chi connectivity index (χ2v) is 7.42. The predicted molar refractivity (Wildman–Crippen MR) is 120 cm³/mol. The van der Waals surface area contributed by atoms with E-state index in [4.69, 9.17) is 21.1 Å². The van der Waals surface area contributed by atoms with Crippen molar-refractivity contribution in [1.29, 1.82) is 0 Å². The number of tetrazole rings is 1. The third-order valence-corrected chi connectivity index (χ3v) is 4.92. The summed E-state index contributed by atoms with van der Waals surface area (Å²) < 4.78 is 13.1. The number of unbranched alkanes of at least 4 members (excludes halogenated alkanes) is 1. The smallest absolute Gasteiger partial charge is 0.255 e. The van der Waals surface area contributed by atoms with Crippen LogP contribution in [-0.2, 0) is 0 Å². The average Bonchev–Trinajstić information content (AvgIpc) is 3.17. The summed E-state index contributed by atoms with van der Waals surface area (Å²) in [5, 5.41) is 14.8. The Morgan fingerprint density at radius 2 is 1.97 bits per heavy atom. The number of hydrogen-bond donors (Lipinski definition) is 1. The van der Waals surface area contributed by atoms with E-state index in [9.17, 15) is 4.79 Å². The standard InChI is InChI=1S/C22H26ClN5O3/c1-5-7-10-31-21-18(23)11-16(12-20(21)30-6-2)22(29)24-17-9-8-14(3)19(13-17)28-15(4)25-26-27-28/h8-9,11-13H,5-7,10H2,1-4H3,(H,24,29). The van der Waals surface area contributed by atoms with E-state index in [-0.39, 0.29) is 5.91 Å². The molecule has 164 valence electrons. The third-order valence-electron chi connectivity index (χ3n) is 4.64. The van der Waals surface area contributed by atoms with E-state index in [1.807, 2.05) is 39.0 Å². The normalized spacial score (nSPS) is 10.7. The van der Waals surface area contributed by atoms with E-state index in [2.05, 4.69) is 27.8 Å². The molecule has 0 aliphatic rings. The van der Waals surface area contributed by atoms with Crippen molar-refractivity contribution in [2.75, 3.05) is 18.5 Å². The van der Waals surface area contributed by atoms with Crippen molar-refractivity contribution in [2.45, 2.75) is 40.5 Å². The molecule has 2 aromatic carbocycles. The number of aromatic nitrogens is 4. The third kappa shape index (κ3) is 5.32. The fraction of sp³-hybridized carbons (Fsp3) is 0.364. The van der Waals surface area contributed by atoms with Gasteiger partial charge >= 0.3 is 0 Å². The maximum absolute atomic E-state index is 12.9. The number of carbonyl (C=O) groups excluding carboxylic acids is 1. The van der Waals surface area contributed by atoms with Crippen molar-refractivity contribution in [1.82, 2.24) is 20.2 Å². The topological polar surface area (TPSA) is 91.2 Å². The zero-order chi connectivity index (χ0) is 22.4. The van der Waals surface area contributed by atoms with E-state index in [0.717, 1.165) is 24.1 Å². The molecule has 0 atom stereocenters. The highest BCUT2D eigenvalue weighted by Crippen LogP contribution is 2.37. The van der Waals surface area contributed by atoms with Crippen LogP contribution in [0, 0.1) is 13.8 Å². The molecule has 0 fully saturated rings. The maximum Gasteiger partial charge on any atom is 0.255 e. The van der Waals surface area contributed by atoms with Gasteiger partial charge in [0.2, 0.25) is 0 Å². The summed E-state index contributed by atoms with van der Waals surface area (Å²) in [5.41, 5.74) is 2.74. The summed E-state index contributed by atoms with van der Waals surface area (Å²) in [5.74, 6) is 1.25. The lowest BCUT2D eigenvalue weighted by molar-refractivity contribution is 0.102. The lowest BCUT2D eigenvalue weighted by Gasteiger charge is -2.15. The van der Waals surface area contributed by atoms with Crippen LogP contribution >= 0.6 is 11.6 Å². The fourth-order valence-corrected chi connectivity index (χ4v) is 3.26. The SMILES string of the molecule is CCCCOc1c(Cl)cc(C(=O)Nc2ccc(C)c(-n3nnnc3C)c2)cc1OCC. The van der Waals surface area contributed by atoms with Crippen molar-refractivity contribution in [2.24, 2.45) is 0 Å². The summed E-state index contributed by atoms with van der Waals surface area (Å²) in [4.78, 5) is 12.9. The minimum atomic E-state index is -0.314. The number of anilines is 1. The Labute approximate surface area is 186 Å². The number of benzene rings is 2. The van der Waals surface area contributed by atoms with Gasteiger partial charge in [0.05, 0.1) is 23.9 Å². The number of nitrogens with zero attached hydrogens (tertiary/aromatic N) is 4. The highest BCUT2D eigenvalue weighted by Gasteiger charge is 2.17. The monoisotopic (exact) mass is 443 g/mol. The lowest BCUT2D eigenvalue weighted by Crippen LogP contribution is -2.13. The van der Waals surface area contributed by atoms with Gasteiger partial charge in [0.1, 0.15) is 0 Å². The molecule has 1 amide bonds. The van der Waals surface area contributed by atoms with E-state index < -0.39 is 0 Å². The number of ether oxygens (including phenoxy) is 2. The molecule has 8 nitrogen and oxygen atoms in total. The van der Waals surface area contributed by atoms with Gasteiger partial charge in [0, 0.05) is 11.3 Å². The molecule has 0 bridgehead atoms. The Morgan fingerprint density at radius 3 is 2.65 bits per heavy atom. The van der Waals surface area contributed by atoms with Gasteiger partial charge in [-0.1, -0.05) is 31.0 Å². The molecule has 0 spiro atoms. The minimum absolute atomic E-state index is 0.314. The van der Waals surface area contributed by atoms with Crippen LogP contribution in [0.25, 0.3) is 5.69 Å². The van der Waals surface area contributed by atoms with E-state index in [1.165, 1.54) is 0 Å². The average molecular weight is 444 g/mol. The zero-order valence-electron chi connectivity index (χ0n) is 18.1. The molecule has 3 rings (SSSR count). The fourth-order valence-electron chi connectivity index (χ4n) is 2.99.